The van der Waals surface area contributed by atoms with Crippen molar-refractivity contribution in [3.05, 3.63) is 12.7 Å². The van der Waals surface area contributed by atoms with Crippen LogP contribution in [0.2, 0.25) is 0 Å². The molecule has 0 amide bonds. The van der Waals surface area contributed by atoms with E-state index in [4.69, 9.17) is 38.8 Å². The fourth-order valence-corrected chi connectivity index (χ4v) is 4.63. The third kappa shape index (κ3) is 6.94. The molecule has 0 saturated carbocycles. The molecule has 0 bridgehead atoms. The monoisotopic (exact) mass is 495 g/mol. The van der Waals surface area contributed by atoms with Gasteiger partial charge in [0, 0.05) is 16.8 Å². The van der Waals surface area contributed by atoms with Crippen LogP contribution in [0, 0.1) is 0 Å². The summed E-state index contributed by atoms with van der Waals surface area (Å²) in [5, 5.41) is 29.7. The average Bonchev–Trinajstić information content (AvgIpc) is 3.22. The van der Waals surface area contributed by atoms with Crippen LogP contribution >= 0.6 is 0 Å². The minimum absolute atomic E-state index is 0.216. The van der Waals surface area contributed by atoms with Gasteiger partial charge in [0.05, 0.1) is 12.6 Å². The second kappa shape index (κ2) is 10.7. The van der Waals surface area contributed by atoms with Crippen LogP contribution in [0.5, 0.6) is 0 Å². The molecule has 0 spiro atoms. The molecule has 1 aliphatic heterocycles. The van der Waals surface area contributed by atoms with Crippen molar-refractivity contribution in [2.45, 2.75) is 37.0 Å². The van der Waals surface area contributed by atoms with Crippen molar-refractivity contribution in [3.8, 4) is 0 Å². The number of aromatic nitrogens is 4. The van der Waals surface area contributed by atoms with Gasteiger partial charge in [0.2, 0.25) is 0 Å². The van der Waals surface area contributed by atoms with E-state index in [0.717, 1.165) is 0 Å². The number of aliphatic hydroxyl groups excluding tert-OH is 2. The number of nitrogens with zero attached hydrogens (tertiary/aromatic N) is 4. The highest BCUT2D eigenvalue weighted by atomic mass is 32.3. The summed E-state index contributed by atoms with van der Waals surface area (Å²) in [6, 6.07) is -0.907. The molecular formula is C15H23N6O9S2-. The third-order valence-corrected chi connectivity index (χ3v) is 6.37. The molecule has 0 radical (unpaired) electrons. The molecule has 1 fully saturated rings. The van der Waals surface area contributed by atoms with Gasteiger partial charge in [-0.3, -0.25) is 17.8 Å². The number of anilines is 1. The van der Waals surface area contributed by atoms with Crippen LogP contribution in [0.25, 0.3) is 11.2 Å². The summed E-state index contributed by atoms with van der Waals surface area (Å²) in [5.74, 6) is 0.254. The molecule has 15 nitrogen and oxygen atoms in total. The molecule has 1 aliphatic rings. The molecule has 17 heteroatoms. The Morgan fingerprint density at radius 3 is 2.53 bits per heavy atom. The number of fused-ring (bicyclic) bond motifs is 1. The Labute approximate surface area is 185 Å². The Morgan fingerprint density at radius 1 is 1.31 bits per heavy atom. The number of nitrogen functional groups attached to an aromatic ring is 1. The van der Waals surface area contributed by atoms with E-state index in [1.165, 1.54) is 17.2 Å². The molecular weight excluding hydrogens is 472 g/mol. The van der Waals surface area contributed by atoms with Gasteiger partial charge in [-0.25, -0.2) is 15.0 Å². The molecule has 3 heterocycles. The van der Waals surface area contributed by atoms with E-state index in [-0.39, 0.29) is 16.7 Å². The zero-order chi connectivity index (χ0) is 24.2. The molecule has 1 unspecified atom stereocenters. The molecule has 180 valence electrons. The topological polar surface area (TPSA) is 263 Å². The molecule has 2 aromatic heterocycles. The third-order valence-electron chi connectivity index (χ3n) is 4.54. The zero-order valence-corrected chi connectivity index (χ0v) is 18.3. The lowest BCUT2D eigenvalue weighted by molar-refractivity contribution is -0.138. The molecule has 0 aromatic carbocycles. The van der Waals surface area contributed by atoms with E-state index >= 15 is 0 Å². The summed E-state index contributed by atoms with van der Waals surface area (Å²) in [4.78, 5) is 23.0. The first kappa shape index (κ1) is 26.1. The molecule has 7 N–H and O–H groups in total. The highest BCUT2D eigenvalue weighted by Gasteiger charge is 2.46. The van der Waals surface area contributed by atoms with Crippen LogP contribution in [-0.4, -0.2) is 100 Å². The Bertz CT molecular complexity index is 1030. The summed E-state index contributed by atoms with van der Waals surface area (Å²) in [6.45, 7) is 0. The number of imidazole rings is 1. The van der Waals surface area contributed by atoms with Gasteiger partial charge < -0.3 is 40.6 Å². The number of aliphatic hydroxyl groups is 2. The molecule has 2 aromatic rings. The Kier molecular flexibility index (Phi) is 8.71. The predicted molar refractivity (Wildman–Crippen MR) is 109 cm³/mol. The Hall–Kier alpha value is -2.12. The van der Waals surface area contributed by atoms with Gasteiger partial charge >= 0.3 is 5.97 Å². The van der Waals surface area contributed by atoms with Gasteiger partial charge in [0.15, 0.2) is 17.7 Å². The lowest BCUT2D eigenvalue weighted by Gasteiger charge is -2.16. The van der Waals surface area contributed by atoms with E-state index in [1.54, 1.807) is 0 Å². The van der Waals surface area contributed by atoms with Crippen LogP contribution in [0.4, 0.5) is 5.82 Å². The summed E-state index contributed by atoms with van der Waals surface area (Å²) in [6.07, 6.45) is 1.31. The first-order valence-electron chi connectivity index (χ1n) is 8.98. The maximum Gasteiger partial charge on any atom is 0.320 e. The Balaban J connectivity index is 0.000000654. The van der Waals surface area contributed by atoms with E-state index in [1.807, 2.05) is 6.26 Å². The number of nitrogens with two attached hydrogens (primary N) is 2. The number of carbonyl (C=O) groups is 1. The van der Waals surface area contributed by atoms with Crippen molar-refractivity contribution >= 4 is 44.2 Å². The van der Waals surface area contributed by atoms with Crippen molar-refractivity contribution in [1.82, 2.24) is 19.5 Å². The van der Waals surface area contributed by atoms with Crippen LogP contribution in [0.3, 0.4) is 0 Å². The predicted octanol–water partition coefficient (Wildman–Crippen LogP) is -3.26. The molecule has 1 saturated heterocycles. The smallest absolute Gasteiger partial charge is 0.320 e. The van der Waals surface area contributed by atoms with E-state index < -0.39 is 46.9 Å². The molecule has 32 heavy (non-hydrogen) atoms. The summed E-state index contributed by atoms with van der Waals surface area (Å²) in [7, 11) is -5.40. The highest BCUT2D eigenvalue weighted by molar-refractivity contribution is 7.96. The average molecular weight is 496 g/mol. The number of aliphatic carboxylic acids is 1. The second-order valence-electron chi connectivity index (χ2n) is 6.92. The number of rotatable bonds is 7. The van der Waals surface area contributed by atoms with Crippen molar-refractivity contribution in [2.75, 3.05) is 23.5 Å². The van der Waals surface area contributed by atoms with Crippen LogP contribution < -0.4 is 11.5 Å². The first-order chi connectivity index (χ1) is 14.8. The SMILES string of the molecule is C[S+](CC[C@H](N)C(=O)O)C[C@H]1O[C@@H](n2cnc3c(N)ncnc32)[C@H](O)[C@@H]1O.O=S(=O)([O-])[O-]. The largest absolute Gasteiger partial charge is 0.759 e. The Morgan fingerprint density at radius 2 is 1.94 bits per heavy atom. The maximum absolute atomic E-state index is 10.8. The van der Waals surface area contributed by atoms with Gasteiger partial charge in [-0.2, -0.15) is 0 Å². The lowest BCUT2D eigenvalue weighted by Crippen LogP contribution is -2.37. The minimum atomic E-state index is -5.17. The summed E-state index contributed by atoms with van der Waals surface area (Å²) < 4.78 is 41.5. The molecule has 0 aliphatic carbocycles. The molecule has 3 rings (SSSR count). The zero-order valence-electron chi connectivity index (χ0n) is 16.7. The normalized spacial score (nSPS) is 25.2. The van der Waals surface area contributed by atoms with Crippen molar-refractivity contribution in [3.63, 3.8) is 0 Å². The molecule has 6 atom stereocenters. The van der Waals surface area contributed by atoms with Crippen molar-refractivity contribution in [1.29, 1.82) is 0 Å². The minimum Gasteiger partial charge on any atom is -0.759 e. The quantitative estimate of drug-likeness (QED) is 0.143. The van der Waals surface area contributed by atoms with Crippen molar-refractivity contribution in [2.24, 2.45) is 5.73 Å². The van der Waals surface area contributed by atoms with E-state index in [0.29, 0.717) is 29.1 Å². The number of carboxylic acids is 1. The van der Waals surface area contributed by atoms with Crippen LogP contribution in [0.15, 0.2) is 12.7 Å². The fraction of sp³-hybridized carbons (Fsp3) is 0.600. The maximum atomic E-state index is 10.8. The lowest BCUT2D eigenvalue weighted by atomic mass is 10.1. The van der Waals surface area contributed by atoms with Gasteiger partial charge in [-0.15, -0.1) is 0 Å². The van der Waals surface area contributed by atoms with E-state index in [2.05, 4.69) is 15.0 Å². The number of hydrogen-bond acceptors (Lipinski definition) is 13. The fourth-order valence-electron chi connectivity index (χ4n) is 2.97. The number of hydrogen-bond donors (Lipinski definition) is 5. The highest BCUT2D eigenvalue weighted by Crippen LogP contribution is 2.32. The standard InChI is InChI=1S/C15H22N6O5S.H2O4S/c1-27(3-2-7(16)15(24)25)4-8-10(22)11(23)14(26-8)21-6-20-9-12(17)18-5-19-13(9)21;1-5(2,3)4/h5-8,10-11,14,22-23H,2-4,16H2,1H3,(H2-,17,18,19,24,25);(H2,1,2,3,4)/p-1/t7-,8+,10+,11+,14+,27?;/m0./s1. The number of carboxylic acid groups (broad SMARTS) is 1. The van der Waals surface area contributed by atoms with Crippen molar-refractivity contribution < 1.29 is 42.4 Å². The second-order valence-corrected chi connectivity index (χ2v) is 10.0. The van der Waals surface area contributed by atoms with Gasteiger partial charge in [-0.1, -0.05) is 0 Å². The van der Waals surface area contributed by atoms with Crippen LogP contribution in [-0.2, 0) is 30.8 Å². The van der Waals surface area contributed by atoms with E-state index in [9.17, 15) is 15.0 Å². The van der Waals surface area contributed by atoms with Gasteiger partial charge in [-0.05, 0) is 10.9 Å². The van der Waals surface area contributed by atoms with Gasteiger partial charge in [0.1, 0.15) is 47.7 Å². The van der Waals surface area contributed by atoms with Gasteiger partial charge in [0.25, 0.3) is 0 Å². The summed E-state index contributed by atoms with van der Waals surface area (Å²) in [5.41, 5.74) is 12.1. The summed E-state index contributed by atoms with van der Waals surface area (Å²) >= 11 is 0. The first-order valence-corrected chi connectivity index (χ1v) is 12.3. The van der Waals surface area contributed by atoms with Crippen LogP contribution in [0.1, 0.15) is 12.6 Å². The number of ether oxygens (including phenoxy) is 1.